The molecule has 0 spiro atoms. The average Bonchev–Trinajstić information content (AvgIpc) is 2.58. The summed E-state index contributed by atoms with van der Waals surface area (Å²) in [7, 11) is 0. The molecule has 1 aliphatic heterocycles. The van der Waals surface area contributed by atoms with Crippen molar-refractivity contribution in [2.75, 3.05) is 37.7 Å². The van der Waals surface area contributed by atoms with E-state index in [2.05, 4.69) is 4.98 Å². The second kappa shape index (κ2) is 8.43. The number of halogens is 4. The third-order valence-corrected chi connectivity index (χ3v) is 4.35. The van der Waals surface area contributed by atoms with Crippen LogP contribution < -0.4 is 4.90 Å². The molecule has 0 saturated carbocycles. The summed E-state index contributed by atoms with van der Waals surface area (Å²) in [6.45, 7) is 8.03. The van der Waals surface area contributed by atoms with E-state index >= 15 is 0 Å². The molecule has 0 N–H and O–H groups in total. The number of piperazine rings is 1. The van der Waals surface area contributed by atoms with Crippen molar-refractivity contribution in [3.8, 4) is 0 Å². The van der Waals surface area contributed by atoms with E-state index in [0.29, 0.717) is 44.5 Å². The molecule has 2 rings (SSSR count). The van der Waals surface area contributed by atoms with Crippen molar-refractivity contribution in [3.05, 3.63) is 22.8 Å². The molecule has 0 bridgehead atoms. The Kier molecular flexibility index (Phi) is 6.74. The number of ether oxygens (including phenoxy) is 1. The quantitative estimate of drug-likeness (QED) is 0.768. The smallest absolute Gasteiger partial charge is 0.368 e. The number of rotatable bonds is 5. The fourth-order valence-electron chi connectivity index (χ4n) is 2.62. The van der Waals surface area contributed by atoms with E-state index in [4.69, 9.17) is 16.3 Å². The maximum Gasteiger partial charge on any atom is 0.417 e. The fraction of sp³-hybridized carbons (Fsp3) is 0.647. The van der Waals surface area contributed by atoms with Crippen molar-refractivity contribution in [2.24, 2.45) is 5.92 Å². The first kappa shape index (κ1) is 20.8. The lowest BCUT2D eigenvalue weighted by atomic mass is 10.2. The summed E-state index contributed by atoms with van der Waals surface area (Å²) in [5.74, 6) is 0.558. The minimum Gasteiger partial charge on any atom is -0.368 e. The molecule has 26 heavy (non-hydrogen) atoms. The Morgan fingerprint density at radius 2 is 1.88 bits per heavy atom. The van der Waals surface area contributed by atoms with E-state index in [0.717, 1.165) is 12.3 Å². The van der Waals surface area contributed by atoms with Gasteiger partial charge < -0.3 is 14.5 Å². The maximum atomic E-state index is 12.7. The lowest BCUT2D eigenvalue weighted by molar-refractivity contribution is -0.143. The number of amides is 1. The number of carbonyl (C=O) groups is 1. The molecule has 1 aromatic heterocycles. The van der Waals surface area contributed by atoms with Crippen molar-refractivity contribution in [2.45, 2.75) is 33.1 Å². The summed E-state index contributed by atoms with van der Waals surface area (Å²) in [5, 5.41) is -0.0479. The second-order valence-corrected chi connectivity index (χ2v) is 7.12. The van der Waals surface area contributed by atoms with Crippen LogP contribution in [0.1, 0.15) is 26.3 Å². The number of alkyl halides is 3. The first-order chi connectivity index (χ1) is 12.1. The molecule has 1 atom stereocenters. The van der Waals surface area contributed by atoms with Crippen LogP contribution >= 0.6 is 11.6 Å². The molecule has 0 aromatic carbocycles. The molecule has 1 aliphatic rings. The summed E-state index contributed by atoms with van der Waals surface area (Å²) in [5.41, 5.74) is -0.879. The van der Waals surface area contributed by atoms with Crippen LogP contribution in [0.4, 0.5) is 19.0 Å². The summed E-state index contributed by atoms with van der Waals surface area (Å²) >= 11 is 5.98. The third-order valence-electron chi connectivity index (χ3n) is 4.07. The number of anilines is 1. The molecule has 1 aromatic rings. The highest BCUT2D eigenvalue weighted by Crippen LogP contribution is 2.33. The van der Waals surface area contributed by atoms with Gasteiger partial charge in [-0.25, -0.2) is 4.98 Å². The second-order valence-electron chi connectivity index (χ2n) is 6.71. The van der Waals surface area contributed by atoms with Crippen LogP contribution in [0.15, 0.2) is 12.3 Å². The lowest BCUT2D eigenvalue weighted by Crippen LogP contribution is -2.51. The molecule has 9 heteroatoms. The van der Waals surface area contributed by atoms with Gasteiger partial charge in [0.15, 0.2) is 0 Å². The van der Waals surface area contributed by atoms with E-state index in [9.17, 15) is 18.0 Å². The Balaban J connectivity index is 1.95. The van der Waals surface area contributed by atoms with Gasteiger partial charge in [0.2, 0.25) is 0 Å². The van der Waals surface area contributed by atoms with Crippen molar-refractivity contribution in [3.63, 3.8) is 0 Å². The minimum absolute atomic E-state index is 0.0479. The van der Waals surface area contributed by atoms with Crippen LogP contribution in [-0.4, -0.2) is 54.7 Å². The zero-order valence-corrected chi connectivity index (χ0v) is 15.8. The predicted octanol–water partition coefficient (Wildman–Crippen LogP) is 3.46. The highest BCUT2D eigenvalue weighted by Gasteiger charge is 2.33. The molecular weight excluding hydrogens is 371 g/mol. The van der Waals surface area contributed by atoms with Crippen LogP contribution in [0.2, 0.25) is 5.02 Å². The van der Waals surface area contributed by atoms with Crippen molar-refractivity contribution in [1.29, 1.82) is 0 Å². The van der Waals surface area contributed by atoms with Crippen LogP contribution in [0.25, 0.3) is 0 Å². The normalized spacial score (nSPS) is 16.9. The van der Waals surface area contributed by atoms with Gasteiger partial charge in [-0.05, 0) is 18.9 Å². The number of hydrogen-bond acceptors (Lipinski definition) is 4. The molecule has 0 aliphatic carbocycles. The summed E-state index contributed by atoms with van der Waals surface area (Å²) in [6, 6.07) is 0.878. The molecule has 1 fully saturated rings. The largest absolute Gasteiger partial charge is 0.417 e. The van der Waals surface area contributed by atoms with E-state index in [1.165, 1.54) is 0 Å². The molecular formula is C17H23ClF3N3O2. The van der Waals surface area contributed by atoms with Gasteiger partial charge >= 0.3 is 6.18 Å². The zero-order chi connectivity index (χ0) is 19.5. The van der Waals surface area contributed by atoms with Gasteiger partial charge in [0.25, 0.3) is 5.91 Å². The Labute approximate surface area is 156 Å². The molecule has 0 radical (unpaired) electrons. The van der Waals surface area contributed by atoms with E-state index in [1.807, 2.05) is 13.8 Å². The molecule has 0 unspecified atom stereocenters. The Morgan fingerprint density at radius 1 is 1.27 bits per heavy atom. The Hall–Kier alpha value is -1.54. The number of carbonyl (C=O) groups excluding carboxylic acids is 1. The van der Waals surface area contributed by atoms with E-state index in [-0.39, 0.29) is 10.9 Å². The van der Waals surface area contributed by atoms with Gasteiger partial charge in [-0.15, -0.1) is 0 Å². The maximum absolute atomic E-state index is 12.7. The van der Waals surface area contributed by atoms with Gasteiger partial charge in [-0.2, -0.15) is 13.2 Å². The fourth-order valence-corrected chi connectivity index (χ4v) is 2.91. The van der Waals surface area contributed by atoms with Gasteiger partial charge in [0, 0.05) is 39.0 Å². The first-order valence-electron chi connectivity index (χ1n) is 8.47. The van der Waals surface area contributed by atoms with Crippen LogP contribution in [-0.2, 0) is 15.7 Å². The summed E-state index contributed by atoms with van der Waals surface area (Å²) < 4.78 is 43.7. The van der Waals surface area contributed by atoms with Gasteiger partial charge in [-0.3, -0.25) is 4.79 Å². The molecule has 5 nitrogen and oxygen atoms in total. The predicted molar refractivity (Wildman–Crippen MR) is 93.3 cm³/mol. The van der Waals surface area contributed by atoms with Crippen LogP contribution in [0.5, 0.6) is 0 Å². The van der Waals surface area contributed by atoms with Crippen molar-refractivity contribution in [1.82, 2.24) is 9.88 Å². The number of aromatic nitrogens is 1. The average molecular weight is 394 g/mol. The Bertz CT molecular complexity index is 632. The number of nitrogens with zero attached hydrogens (tertiary/aromatic N) is 3. The summed E-state index contributed by atoms with van der Waals surface area (Å²) in [6.07, 6.45) is -4.22. The van der Waals surface area contributed by atoms with Gasteiger partial charge in [0.1, 0.15) is 11.9 Å². The van der Waals surface area contributed by atoms with Gasteiger partial charge in [-0.1, -0.05) is 25.4 Å². The third kappa shape index (κ3) is 5.23. The molecule has 2 heterocycles. The molecule has 1 amide bonds. The monoisotopic (exact) mass is 393 g/mol. The topological polar surface area (TPSA) is 45.7 Å². The highest BCUT2D eigenvalue weighted by atomic mass is 35.5. The van der Waals surface area contributed by atoms with Crippen LogP contribution in [0, 0.1) is 5.92 Å². The van der Waals surface area contributed by atoms with E-state index < -0.39 is 17.8 Å². The number of pyridine rings is 1. The lowest BCUT2D eigenvalue weighted by Gasteiger charge is -2.36. The van der Waals surface area contributed by atoms with E-state index in [1.54, 1.807) is 16.7 Å². The van der Waals surface area contributed by atoms with Crippen LogP contribution in [0.3, 0.4) is 0 Å². The van der Waals surface area contributed by atoms with Crippen molar-refractivity contribution >= 4 is 23.3 Å². The standard InChI is InChI=1S/C17H23ClF3N3O2/c1-11(2)10-26-12(3)16(25)24-6-4-23(5-7-24)15-14(18)8-13(9-22-15)17(19,20)21/h8-9,11-12H,4-7,10H2,1-3H3/t12-/m0/s1. The molecule has 146 valence electrons. The van der Waals surface area contributed by atoms with Gasteiger partial charge in [0.05, 0.1) is 10.6 Å². The highest BCUT2D eigenvalue weighted by molar-refractivity contribution is 6.33. The SMILES string of the molecule is CC(C)CO[C@@H](C)C(=O)N1CCN(c2ncc(C(F)(F)F)cc2Cl)CC1. The van der Waals surface area contributed by atoms with Crippen molar-refractivity contribution < 1.29 is 22.7 Å². The number of hydrogen-bond donors (Lipinski definition) is 0. The summed E-state index contributed by atoms with van der Waals surface area (Å²) in [4.78, 5) is 19.7. The minimum atomic E-state index is -4.48. The first-order valence-corrected chi connectivity index (χ1v) is 8.85. The zero-order valence-electron chi connectivity index (χ0n) is 15.0. The molecule has 1 saturated heterocycles. The Morgan fingerprint density at radius 3 is 2.38 bits per heavy atom.